The van der Waals surface area contributed by atoms with Crippen LogP contribution in [0.25, 0.3) is 0 Å². The average molecular weight is 214 g/mol. The van der Waals surface area contributed by atoms with Gasteiger partial charge in [-0.25, -0.2) is 0 Å². The van der Waals surface area contributed by atoms with Crippen LogP contribution in [0.2, 0.25) is 0 Å². The summed E-state index contributed by atoms with van der Waals surface area (Å²) in [4.78, 5) is 2.42. The van der Waals surface area contributed by atoms with Crippen LogP contribution in [0.15, 0.2) is 0 Å². The van der Waals surface area contributed by atoms with Crippen LogP contribution >= 0.6 is 0 Å². The molecule has 2 N–H and O–H groups in total. The van der Waals surface area contributed by atoms with Crippen LogP contribution in [0.1, 0.15) is 26.7 Å². The van der Waals surface area contributed by atoms with Crippen LogP contribution < -0.4 is 5.32 Å². The van der Waals surface area contributed by atoms with Crippen molar-refractivity contribution in [3.05, 3.63) is 0 Å². The largest absolute Gasteiger partial charge is 0.396 e. The second-order valence-electron chi connectivity index (χ2n) is 5.15. The molecule has 0 spiro atoms. The molecule has 0 amide bonds. The highest BCUT2D eigenvalue weighted by Crippen LogP contribution is 2.18. The van der Waals surface area contributed by atoms with Gasteiger partial charge in [0.25, 0.3) is 0 Å². The van der Waals surface area contributed by atoms with Gasteiger partial charge in [0.05, 0.1) is 0 Å². The molecule has 3 nitrogen and oxygen atoms in total. The Labute approximate surface area is 93.9 Å². The number of hydrogen-bond acceptors (Lipinski definition) is 3. The fourth-order valence-electron chi connectivity index (χ4n) is 2.23. The van der Waals surface area contributed by atoms with Crippen LogP contribution in [0.3, 0.4) is 0 Å². The van der Waals surface area contributed by atoms with Crippen molar-refractivity contribution in [3.8, 4) is 0 Å². The first-order valence-corrected chi connectivity index (χ1v) is 6.16. The molecule has 1 saturated heterocycles. The second kappa shape index (κ2) is 6.46. The van der Waals surface area contributed by atoms with Crippen LogP contribution in [-0.2, 0) is 0 Å². The van der Waals surface area contributed by atoms with Crippen LogP contribution in [0.5, 0.6) is 0 Å². The summed E-state index contributed by atoms with van der Waals surface area (Å²) in [6.45, 7) is 8.01. The van der Waals surface area contributed by atoms with E-state index in [0.29, 0.717) is 12.0 Å². The molecule has 3 heteroatoms. The van der Waals surface area contributed by atoms with E-state index in [1.54, 1.807) is 0 Å². The highest BCUT2D eigenvalue weighted by molar-refractivity contribution is 4.79. The first kappa shape index (κ1) is 12.9. The lowest BCUT2D eigenvalue weighted by molar-refractivity contribution is 0.170. The molecule has 0 aromatic rings. The Hall–Kier alpha value is -0.120. The van der Waals surface area contributed by atoms with E-state index in [-0.39, 0.29) is 6.61 Å². The Morgan fingerprint density at radius 2 is 2.20 bits per heavy atom. The zero-order valence-corrected chi connectivity index (χ0v) is 10.4. The Morgan fingerprint density at radius 3 is 2.80 bits per heavy atom. The van der Waals surface area contributed by atoms with Gasteiger partial charge in [0.2, 0.25) is 0 Å². The standard InChI is InChI=1S/C12H26N2O/c1-10(9-15)7-13-11(2)12-5-4-6-14(3)8-12/h10-13,15H,4-9H2,1-3H3. The first-order valence-electron chi connectivity index (χ1n) is 6.16. The number of piperidine rings is 1. The summed E-state index contributed by atoms with van der Waals surface area (Å²) in [5.41, 5.74) is 0. The van der Waals surface area contributed by atoms with Crippen LogP contribution in [0, 0.1) is 11.8 Å². The van der Waals surface area contributed by atoms with Crippen molar-refractivity contribution < 1.29 is 5.11 Å². The third-order valence-corrected chi connectivity index (χ3v) is 3.47. The zero-order chi connectivity index (χ0) is 11.3. The molecule has 1 heterocycles. The smallest absolute Gasteiger partial charge is 0.0468 e. The van der Waals surface area contributed by atoms with E-state index in [4.69, 9.17) is 5.11 Å². The van der Waals surface area contributed by atoms with Gasteiger partial charge in [0, 0.05) is 25.7 Å². The molecule has 0 saturated carbocycles. The number of likely N-dealkylation sites (tertiary alicyclic amines) is 1. The molecule has 3 unspecified atom stereocenters. The molecule has 0 radical (unpaired) electrons. The van der Waals surface area contributed by atoms with Gasteiger partial charge in [-0.15, -0.1) is 0 Å². The normalized spacial score (nSPS) is 27.6. The van der Waals surface area contributed by atoms with Crippen molar-refractivity contribution in [2.45, 2.75) is 32.7 Å². The molecule has 1 rings (SSSR count). The summed E-state index contributed by atoms with van der Waals surface area (Å²) in [6, 6.07) is 0.571. The lowest BCUT2D eigenvalue weighted by atomic mass is 9.91. The van der Waals surface area contributed by atoms with E-state index < -0.39 is 0 Å². The minimum absolute atomic E-state index is 0.282. The lowest BCUT2D eigenvalue weighted by Gasteiger charge is -2.34. The van der Waals surface area contributed by atoms with Gasteiger partial charge >= 0.3 is 0 Å². The Morgan fingerprint density at radius 1 is 1.47 bits per heavy atom. The molecule has 0 aromatic heterocycles. The fraction of sp³-hybridized carbons (Fsp3) is 1.00. The van der Waals surface area contributed by atoms with Crippen molar-refractivity contribution in [1.29, 1.82) is 0 Å². The van der Waals surface area contributed by atoms with Gasteiger partial charge in [-0.1, -0.05) is 6.92 Å². The van der Waals surface area contributed by atoms with Crippen molar-refractivity contribution in [1.82, 2.24) is 10.2 Å². The van der Waals surface area contributed by atoms with Crippen molar-refractivity contribution in [3.63, 3.8) is 0 Å². The molecule has 1 aliphatic rings. The van der Waals surface area contributed by atoms with E-state index >= 15 is 0 Å². The van der Waals surface area contributed by atoms with Crippen molar-refractivity contribution >= 4 is 0 Å². The summed E-state index contributed by atoms with van der Waals surface area (Å²) in [6.07, 6.45) is 2.66. The quantitative estimate of drug-likeness (QED) is 0.715. The number of hydrogen-bond donors (Lipinski definition) is 2. The molecular formula is C12H26N2O. The number of nitrogens with zero attached hydrogens (tertiary/aromatic N) is 1. The summed E-state index contributed by atoms with van der Waals surface area (Å²) in [5.74, 6) is 1.14. The Kier molecular flexibility index (Phi) is 5.58. The Balaban J connectivity index is 2.23. The van der Waals surface area contributed by atoms with E-state index in [2.05, 4.69) is 31.1 Å². The van der Waals surface area contributed by atoms with E-state index in [9.17, 15) is 0 Å². The molecule has 1 fully saturated rings. The molecule has 1 aliphatic heterocycles. The number of aliphatic hydroxyl groups is 1. The monoisotopic (exact) mass is 214 g/mol. The van der Waals surface area contributed by atoms with Crippen LogP contribution in [0.4, 0.5) is 0 Å². The summed E-state index contributed by atoms with van der Waals surface area (Å²) < 4.78 is 0. The van der Waals surface area contributed by atoms with E-state index in [1.807, 2.05) is 0 Å². The first-order chi connectivity index (χ1) is 7.13. The van der Waals surface area contributed by atoms with Gasteiger partial charge in [0.15, 0.2) is 0 Å². The maximum atomic E-state index is 8.95. The maximum absolute atomic E-state index is 8.95. The molecular weight excluding hydrogens is 188 g/mol. The topological polar surface area (TPSA) is 35.5 Å². The summed E-state index contributed by atoms with van der Waals surface area (Å²) in [7, 11) is 2.20. The SMILES string of the molecule is CC(CO)CNC(C)C1CCCN(C)C1. The van der Waals surface area contributed by atoms with Gasteiger partial charge in [-0.2, -0.15) is 0 Å². The summed E-state index contributed by atoms with van der Waals surface area (Å²) in [5, 5.41) is 12.5. The number of rotatable bonds is 5. The molecule has 3 atom stereocenters. The summed E-state index contributed by atoms with van der Waals surface area (Å²) >= 11 is 0. The third-order valence-electron chi connectivity index (χ3n) is 3.47. The number of nitrogens with one attached hydrogen (secondary N) is 1. The van der Waals surface area contributed by atoms with E-state index in [0.717, 1.165) is 12.5 Å². The fourth-order valence-corrected chi connectivity index (χ4v) is 2.23. The molecule has 0 aliphatic carbocycles. The predicted octanol–water partition coefficient (Wildman–Crippen LogP) is 0.935. The highest BCUT2D eigenvalue weighted by atomic mass is 16.3. The van der Waals surface area contributed by atoms with E-state index in [1.165, 1.54) is 25.9 Å². The van der Waals surface area contributed by atoms with Crippen LogP contribution in [-0.4, -0.2) is 49.3 Å². The van der Waals surface area contributed by atoms with Gasteiger partial charge in [0.1, 0.15) is 0 Å². The minimum atomic E-state index is 0.282. The molecule has 0 aromatic carbocycles. The third kappa shape index (κ3) is 4.49. The number of aliphatic hydroxyl groups excluding tert-OH is 1. The molecule has 90 valence electrons. The Bertz CT molecular complexity index is 175. The zero-order valence-electron chi connectivity index (χ0n) is 10.4. The highest BCUT2D eigenvalue weighted by Gasteiger charge is 2.22. The second-order valence-corrected chi connectivity index (χ2v) is 5.15. The van der Waals surface area contributed by atoms with Crippen molar-refractivity contribution in [2.75, 3.05) is 33.3 Å². The minimum Gasteiger partial charge on any atom is -0.396 e. The maximum Gasteiger partial charge on any atom is 0.0468 e. The van der Waals surface area contributed by atoms with Gasteiger partial charge < -0.3 is 15.3 Å². The predicted molar refractivity (Wildman–Crippen MR) is 63.9 cm³/mol. The lowest BCUT2D eigenvalue weighted by Crippen LogP contribution is -2.44. The van der Waals surface area contributed by atoms with Gasteiger partial charge in [-0.05, 0) is 45.2 Å². The molecule has 15 heavy (non-hydrogen) atoms. The molecule has 0 bridgehead atoms. The average Bonchev–Trinajstić information content (AvgIpc) is 2.25. The van der Waals surface area contributed by atoms with Gasteiger partial charge in [-0.3, -0.25) is 0 Å². The van der Waals surface area contributed by atoms with Crippen molar-refractivity contribution in [2.24, 2.45) is 11.8 Å².